The van der Waals surface area contributed by atoms with E-state index in [0.717, 1.165) is 0 Å². The molecule has 0 aromatic carbocycles. The minimum absolute atomic E-state index is 0.704. The van der Waals surface area contributed by atoms with Crippen LogP contribution in [-0.4, -0.2) is 27.1 Å². The van der Waals surface area contributed by atoms with Crippen molar-refractivity contribution in [1.29, 1.82) is 0 Å². The lowest BCUT2D eigenvalue weighted by atomic mass is 9.99. The minimum atomic E-state index is -5.31. The number of hydrogen-bond acceptors (Lipinski definition) is 3. The van der Waals surface area contributed by atoms with Crippen molar-refractivity contribution < 1.29 is 41.8 Å². The zero-order chi connectivity index (χ0) is 15.8. The molecule has 0 unspecified atom stereocenters. The largest absolute Gasteiger partial charge is 0.478 e. The van der Waals surface area contributed by atoms with Gasteiger partial charge in [-0.1, -0.05) is 0 Å². The van der Waals surface area contributed by atoms with Gasteiger partial charge in [-0.05, 0) is 12.5 Å². The predicted octanol–water partition coefficient (Wildman–Crippen LogP) is 2.74. The highest BCUT2D eigenvalue weighted by atomic mass is 19.4. The molecule has 1 heterocycles. The average Bonchev–Trinajstić information content (AvgIpc) is 2.24. The number of carbonyl (C=O) groups is 2. The van der Waals surface area contributed by atoms with Gasteiger partial charge >= 0.3 is 18.1 Å². The van der Waals surface area contributed by atoms with E-state index in [1.165, 1.54) is 0 Å². The molecule has 5 nitrogen and oxygen atoms in total. The Bertz CT molecular complexity index is 582. The van der Waals surface area contributed by atoms with Crippen molar-refractivity contribution in [2.75, 3.05) is 0 Å². The van der Waals surface area contributed by atoms with Crippen LogP contribution in [0.4, 0.5) is 22.0 Å². The van der Waals surface area contributed by atoms with Gasteiger partial charge in [-0.15, -0.1) is 0 Å². The third kappa shape index (κ3) is 2.68. The highest BCUT2D eigenvalue weighted by Gasteiger charge is 2.41. The molecule has 0 radical (unpaired) electrons. The van der Waals surface area contributed by atoms with Crippen LogP contribution in [0.15, 0.2) is 0 Å². The Morgan fingerprint density at radius 1 is 1.10 bits per heavy atom. The highest BCUT2D eigenvalue weighted by Crippen LogP contribution is 2.36. The summed E-state index contributed by atoms with van der Waals surface area (Å²) < 4.78 is 63.2. The number of halogens is 5. The summed E-state index contributed by atoms with van der Waals surface area (Å²) in [7, 11) is 0. The average molecular weight is 299 g/mol. The summed E-state index contributed by atoms with van der Waals surface area (Å²) in [4.78, 5) is 24.2. The lowest BCUT2D eigenvalue weighted by molar-refractivity contribution is -0.142. The van der Waals surface area contributed by atoms with Gasteiger partial charge in [0.25, 0.3) is 6.43 Å². The molecule has 20 heavy (non-hydrogen) atoms. The number of carboxylic acids is 2. The molecule has 110 valence electrons. The van der Waals surface area contributed by atoms with Crippen molar-refractivity contribution in [3.05, 3.63) is 28.1 Å². The quantitative estimate of drug-likeness (QED) is 0.838. The molecule has 0 fully saturated rings. The topological polar surface area (TPSA) is 87.5 Å². The first-order chi connectivity index (χ1) is 8.98. The fourth-order valence-corrected chi connectivity index (χ4v) is 1.62. The fraction of sp³-hybridized carbons (Fsp3) is 0.300. The van der Waals surface area contributed by atoms with Crippen molar-refractivity contribution in [1.82, 2.24) is 4.98 Å². The normalized spacial score (nSPS) is 11.8. The Labute approximate surface area is 107 Å². The van der Waals surface area contributed by atoms with Crippen molar-refractivity contribution in [2.24, 2.45) is 0 Å². The van der Waals surface area contributed by atoms with E-state index in [0.29, 0.717) is 6.92 Å². The first-order valence-electron chi connectivity index (χ1n) is 4.84. The van der Waals surface area contributed by atoms with Crippen LogP contribution in [0.1, 0.15) is 44.1 Å². The Hall–Kier alpha value is -2.26. The standard InChI is InChI=1S/C10H6F5NO4/c1-2-3(8(17)18)5(7(11)12)16-6(10(13,14)15)4(2)9(19)20/h7H,1H3,(H,17,18)(H,19,20). The Kier molecular flexibility index (Phi) is 3.97. The molecule has 0 aliphatic rings. The highest BCUT2D eigenvalue weighted by molar-refractivity contribution is 5.98. The summed E-state index contributed by atoms with van der Waals surface area (Å²) in [6.45, 7) is 0.704. The van der Waals surface area contributed by atoms with Gasteiger partial charge in [0.05, 0.1) is 11.1 Å². The second-order valence-electron chi connectivity index (χ2n) is 3.63. The lowest BCUT2D eigenvalue weighted by Crippen LogP contribution is -2.22. The van der Waals surface area contributed by atoms with Gasteiger partial charge in [0, 0.05) is 0 Å². The first-order valence-corrected chi connectivity index (χ1v) is 4.84. The summed E-state index contributed by atoms with van der Waals surface area (Å²) in [5.41, 5.74) is -7.30. The van der Waals surface area contributed by atoms with Crippen LogP contribution >= 0.6 is 0 Å². The van der Waals surface area contributed by atoms with Crippen molar-refractivity contribution in [3.8, 4) is 0 Å². The molecule has 0 bridgehead atoms. The smallest absolute Gasteiger partial charge is 0.434 e. The van der Waals surface area contributed by atoms with Gasteiger partial charge < -0.3 is 10.2 Å². The molecular formula is C10H6F5NO4. The molecule has 10 heteroatoms. The van der Waals surface area contributed by atoms with Crippen LogP contribution in [0, 0.1) is 6.92 Å². The van der Waals surface area contributed by atoms with E-state index in [9.17, 15) is 31.5 Å². The predicted molar refractivity (Wildman–Crippen MR) is 52.9 cm³/mol. The van der Waals surface area contributed by atoms with Crippen LogP contribution in [-0.2, 0) is 6.18 Å². The van der Waals surface area contributed by atoms with Crippen molar-refractivity contribution in [3.63, 3.8) is 0 Å². The molecule has 0 aliphatic heterocycles. The van der Waals surface area contributed by atoms with E-state index in [1.807, 2.05) is 0 Å². The van der Waals surface area contributed by atoms with E-state index in [2.05, 4.69) is 4.98 Å². The summed E-state index contributed by atoms with van der Waals surface area (Å²) in [6, 6.07) is 0. The third-order valence-electron chi connectivity index (χ3n) is 2.38. The molecule has 0 aliphatic carbocycles. The van der Waals surface area contributed by atoms with Gasteiger partial charge in [0.15, 0.2) is 5.69 Å². The third-order valence-corrected chi connectivity index (χ3v) is 2.38. The molecule has 0 amide bonds. The Morgan fingerprint density at radius 2 is 1.55 bits per heavy atom. The molecule has 0 atom stereocenters. The zero-order valence-corrected chi connectivity index (χ0v) is 9.63. The summed E-state index contributed by atoms with van der Waals surface area (Å²) >= 11 is 0. The SMILES string of the molecule is Cc1c(C(=O)O)c(C(F)F)nc(C(F)(F)F)c1C(=O)O. The molecule has 2 N–H and O–H groups in total. The van der Waals surface area contributed by atoms with Crippen LogP contribution in [0.25, 0.3) is 0 Å². The number of carboxylic acid groups (broad SMARTS) is 2. The molecular weight excluding hydrogens is 293 g/mol. The Morgan fingerprint density at radius 3 is 1.85 bits per heavy atom. The van der Waals surface area contributed by atoms with E-state index in [-0.39, 0.29) is 0 Å². The van der Waals surface area contributed by atoms with Gasteiger partial charge in [-0.2, -0.15) is 13.2 Å². The second-order valence-corrected chi connectivity index (χ2v) is 3.63. The maximum absolute atomic E-state index is 12.6. The van der Waals surface area contributed by atoms with E-state index in [1.54, 1.807) is 0 Å². The van der Waals surface area contributed by atoms with Gasteiger partial charge in [0.2, 0.25) is 0 Å². The number of nitrogens with zero attached hydrogens (tertiary/aromatic N) is 1. The second kappa shape index (κ2) is 5.02. The molecule has 0 saturated carbocycles. The van der Waals surface area contributed by atoms with Crippen LogP contribution in [0.2, 0.25) is 0 Å². The van der Waals surface area contributed by atoms with Crippen LogP contribution < -0.4 is 0 Å². The van der Waals surface area contributed by atoms with Crippen LogP contribution in [0.3, 0.4) is 0 Å². The molecule has 1 aromatic heterocycles. The number of hydrogen-bond donors (Lipinski definition) is 2. The van der Waals surface area contributed by atoms with E-state index < -0.39 is 52.6 Å². The number of rotatable bonds is 3. The van der Waals surface area contributed by atoms with Crippen molar-refractivity contribution >= 4 is 11.9 Å². The van der Waals surface area contributed by atoms with Gasteiger partial charge in [0.1, 0.15) is 5.69 Å². The summed E-state index contributed by atoms with van der Waals surface area (Å²) in [5.74, 6) is -4.09. The number of aromatic nitrogens is 1. The Balaban J connectivity index is 3.90. The van der Waals surface area contributed by atoms with Gasteiger partial charge in [-0.25, -0.2) is 23.4 Å². The number of aromatic carboxylic acids is 2. The molecule has 1 aromatic rings. The zero-order valence-electron chi connectivity index (χ0n) is 9.63. The lowest BCUT2D eigenvalue weighted by Gasteiger charge is -2.16. The monoisotopic (exact) mass is 299 g/mol. The van der Waals surface area contributed by atoms with Gasteiger partial charge in [-0.3, -0.25) is 0 Å². The maximum Gasteiger partial charge on any atom is 0.434 e. The van der Waals surface area contributed by atoms with E-state index >= 15 is 0 Å². The summed E-state index contributed by atoms with van der Waals surface area (Å²) in [6.07, 6.45) is -8.90. The minimum Gasteiger partial charge on any atom is -0.478 e. The molecule has 0 saturated heterocycles. The number of pyridine rings is 1. The maximum atomic E-state index is 12.6. The molecule has 0 spiro atoms. The number of alkyl halides is 5. The van der Waals surface area contributed by atoms with Crippen molar-refractivity contribution in [2.45, 2.75) is 19.5 Å². The van der Waals surface area contributed by atoms with E-state index in [4.69, 9.17) is 10.2 Å². The fourth-order valence-electron chi connectivity index (χ4n) is 1.62. The first kappa shape index (κ1) is 15.8. The van der Waals surface area contributed by atoms with Crippen LogP contribution in [0.5, 0.6) is 0 Å². The molecule has 1 rings (SSSR count). The summed E-state index contributed by atoms with van der Waals surface area (Å²) in [5, 5.41) is 17.5.